The molecular formula is C14H18N2O3. The number of carboxylic acids is 1. The number of amides is 1. The van der Waals surface area contributed by atoms with Crippen molar-refractivity contribution in [2.24, 2.45) is 0 Å². The fourth-order valence-electron chi connectivity index (χ4n) is 2.18. The number of carbonyl (C=O) groups excluding carboxylic acids is 1. The monoisotopic (exact) mass is 262 g/mol. The van der Waals surface area contributed by atoms with Gasteiger partial charge in [-0.2, -0.15) is 0 Å². The Kier molecular flexibility index (Phi) is 4.52. The molecule has 1 saturated heterocycles. The Hall–Kier alpha value is -1.88. The van der Waals surface area contributed by atoms with Crippen LogP contribution in [0.3, 0.4) is 0 Å². The molecule has 2 rings (SSSR count). The average molecular weight is 262 g/mol. The quantitative estimate of drug-likeness (QED) is 0.733. The predicted molar refractivity (Wildman–Crippen MR) is 71.1 cm³/mol. The summed E-state index contributed by atoms with van der Waals surface area (Å²) >= 11 is 0. The molecular weight excluding hydrogens is 244 g/mol. The highest BCUT2D eigenvalue weighted by atomic mass is 16.4. The maximum atomic E-state index is 11.7. The summed E-state index contributed by atoms with van der Waals surface area (Å²) in [7, 11) is 0. The van der Waals surface area contributed by atoms with E-state index in [4.69, 9.17) is 5.11 Å². The normalized spacial score (nSPS) is 18.2. The van der Waals surface area contributed by atoms with Crippen molar-refractivity contribution in [1.29, 1.82) is 0 Å². The maximum Gasteiger partial charge on any atom is 0.335 e. The van der Waals surface area contributed by atoms with Gasteiger partial charge in [-0.25, -0.2) is 4.79 Å². The number of aromatic carboxylic acids is 1. The zero-order valence-electron chi connectivity index (χ0n) is 10.7. The molecule has 0 unspecified atom stereocenters. The van der Waals surface area contributed by atoms with Gasteiger partial charge in [-0.15, -0.1) is 0 Å². The Bertz CT molecular complexity index is 450. The van der Waals surface area contributed by atoms with Crippen LogP contribution in [0, 0.1) is 0 Å². The van der Waals surface area contributed by atoms with Gasteiger partial charge in [0, 0.05) is 6.54 Å². The average Bonchev–Trinajstić information content (AvgIpc) is 2.93. The van der Waals surface area contributed by atoms with Crippen LogP contribution in [0.2, 0.25) is 0 Å². The maximum absolute atomic E-state index is 11.7. The summed E-state index contributed by atoms with van der Waals surface area (Å²) in [5.74, 6) is -0.869. The van der Waals surface area contributed by atoms with Crippen molar-refractivity contribution < 1.29 is 14.7 Å². The molecule has 1 atom stereocenters. The summed E-state index contributed by atoms with van der Waals surface area (Å²) in [5.41, 5.74) is 1.30. The molecule has 1 amide bonds. The minimum atomic E-state index is -0.924. The van der Waals surface area contributed by atoms with Crippen molar-refractivity contribution >= 4 is 11.9 Å². The lowest BCUT2D eigenvalue weighted by Gasteiger charge is -2.10. The molecule has 1 fully saturated rings. The molecule has 1 aliphatic rings. The second-order valence-corrected chi connectivity index (χ2v) is 4.69. The van der Waals surface area contributed by atoms with Crippen LogP contribution < -0.4 is 10.6 Å². The molecule has 102 valence electrons. The molecule has 0 aliphatic carbocycles. The number of carbonyl (C=O) groups is 2. The number of rotatable bonds is 5. The van der Waals surface area contributed by atoms with Crippen LogP contribution in [0.25, 0.3) is 0 Å². The lowest BCUT2D eigenvalue weighted by molar-refractivity contribution is -0.122. The van der Waals surface area contributed by atoms with Crippen molar-refractivity contribution in [3.63, 3.8) is 0 Å². The molecule has 1 aliphatic heterocycles. The van der Waals surface area contributed by atoms with Gasteiger partial charge in [0.15, 0.2) is 0 Å². The Balaban J connectivity index is 1.75. The van der Waals surface area contributed by atoms with Crippen molar-refractivity contribution in [2.75, 3.05) is 13.1 Å². The summed E-state index contributed by atoms with van der Waals surface area (Å²) in [5, 5.41) is 14.8. The molecule has 0 bridgehead atoms. The van der Waals surface area contributed by atoms with Gasteiger partial charge in [0.05, 0.1) is 11.6 Å². The highest BCUT2D eigenvalue weighted by Gasteiger charge is 2.21. The lowest BCUT2D eigenvalue weighted by atomic mass is 10.1. The van der Waals surface area contributed by atoms with Crippen LogP contribution in [0.4, 0.5) is 0 Å². The number of hydrogen-bond acceptors (Lipinski definition) is 3. The van der Waals surface area contributed by atoms with E-state index in [0.29, 0.717) is 13.0 Å². The van der Waals surface area contributed by atoms with E-state index in [1.54, 1.807) is 24.3 Å². The predicted octanol–water partition coefficient (Wildman–Crippen LogP) is 0.795. The molecule has 3 N–H and O–H groups in total. The summed E-state index contributed by atoms with van der Waals surface area (Å²) in [4.78, 5) is 22.4. The molecule has 0 spiro atoms. The smallest absolute Gasteiger partial charge is 0.335 e. The molecule has 0 saturated carbocycles. The first-order valence-electron chi connectivity index (χ1n) is 6.50. The molecule has 0 radical (unpaired) electrons. The van der Waals surface area contributed by atoms with Crippen molar-refractivity contribution in [2.45, 2.75) is 25.3 Å². The number of hydrogen-bond donors (Lipinski definition) is 3. The highest BCUT2D eigenvalue weighted by molar-refractivity contribution is 5.87. The number of nitrogens with one attached hydrogen (secondary N) is 2. The largest absolute Gasteiger partial charge is 0.478 e. The van der Waals surface area contributed by atoms with E-state index in [2.05, 4.69) is 10.6 Å². The first-order valence-corrected chi connectivity index (χ1v) is 6.50. The minimum Gasteiger partial charge on any atom is -0.478 e. The zero-order valence-corrected chi connectivity index (χ0v) is 10.7. The van der Waals surface area contributed by atoms with Crippen molar-refractivity contribution in [3.05, 3.63) is 35.4 Å². The highest BCUT2D eigenvalue weighted by Crippen LogP contribution is 2.06. The second kappa shape index (κ2) is 6.33. The topological polar surface area (TPSA) is 78.4 Å². The third-order valence-corrected chi connectivity index (χ3v) is 3.29. The molecule has 1 aromatic carbocycles. The van der Waals surface area contributed by atoms with Crippen LogP contribution >= 0.6 is 0 Å². The molecule has 1 aromatic rings. The van der Waals surface area contributed by atoms with Gasteiger partial charge in [-0.1, -0.05) is 12.1 Å². The van der Waals surface area contributed by atoms with Gasteiger partial charge in [0.2, 0.25) is 5.91 Å². The summed E-state index contributed by atoms with van der Waals surface area (Å²) < 4.78 is 0. The summed E-state index contributed by atoms with van der Waals surface area (Å²) in [6.07, 6.45) is 2.66. The number of benzene rings is 1. The van der Waals surface area contributed by atoms with Gasteiger partial charge < -0.3 is 15.7 Å². The van der Waals surface area contributed by atoms with Gasteiger partial charge in [0.25, 0.3) is 0 Å². The van der Waals surface area contributed by atoms with Crippen LogP contribution in [0.5, 0.6) is 0 Å². The molecule has 5 nitrogen and oxygen atoms in total. The van der Waals surface area contributed by atoms with E-state index in [-0.39, 0.29) is 17.5 Å². The van der Waals surface area contributed by atoms with E-state index in [0.717, 1.165) is 24.9 Å². The Morgan fingerprint density at radius 2 is 2.05 bits per heavy atom. The van der Waals surface area contributed by atoms with Crippen LogP contribution in [0.15, 0.2) is 24.3 Å². The van der Waals surface area contributed by atoms with E-state index in [1.165, 1.54) is 0 Å². The Morgan fingerprint density at radius 1 is 1.32 bits per heavy atom. The Morgan fingerprint density at radius 3 is 2.63 bits per heavy atom. The fraction of sp³-hybridized carbons (Fsp3) is 0.429. The van der Waals surface area contributed by atoms with Gasteiger partial charge >= 0.3 is 5.97 Å². The van der Waals surface area contributed by atoms with Crippen LogP contribution in [-0.2, 0) is 11.2 Å². The van der Waals surface area contributed by atoms with E-state index >= 15 is 0 Å². The lowest BCUT2D eigenvalue weighted by Crippen LogP contribution is -2.41. The van der Waals surface area contributed by atoms with E-state index in [1.807, 2.05) is 0 Å². The minimum absolute atomic E-state index is 0.0469. The van der Waals surface area contributed by atoms with Gasteiger partial charge in [-0.05, 0) is 43.5 Å². The standard InChI is InChI=1S/C14H18N2O3/c17-13(12-2-1-8-15-12)16-9-7-10-3-5-11(6-4-10)14(18)19/h3-6,12,15H,1-2,7-9H2,(H,16,17)(H,18,19)/t12-/m1/s1. The van der Waals surface area contributed by atoms with Crippen molar-refractivity contribution in [3.8, 4) is 0 Å². The molecule has 1 heterocycles. The third kappa shape index (κ3) is 3.79. The van der Waals surface area contributed by atoms with E-state index < -0.39 is 5.97 Å². The molecule has 5 heteroatoms. The first-order chi connectivity index (χ1) is 9.16. The molecule has 0 aromatic heterocycles. The summed E-state index contributed by atoms with van der Waals surface area (Å²) in [6.45, 7) is 1.48. The second-order valence-electron chi connectivity index (χ2n) is 4.69. The van der Waals surface area contributed by atoms with Gasteiger partial charge in [0.1, 0.15) is 0 Å². The van der Waals surface area contributed by atoms with Crippen LogP contribution in [-0.4, -0.2) is 36.1 Å². The molecule has 19 heavy (non-hydrogen) atoms. The van der Waals surface area contributed by atoms with E-state index in [9.17, 15) is 9.59 Å². The SMILES string of the molecule is O=C(O)c1ccc(CCNC(=O)[C@H]2CCCN2)cc1. The van der Waals surface area contributed by atoms with Gasteiger partial charge in [-0.3, -0.25) is 4.79 Å². The zero-order chi connectivity index (χ0) is 13.7. The first kappa shape index (κ1) is 13.5. The summed E-state index contributed by atoms with van der Waals surface area (Å²) in [6, 6.07) is 6.68. The fourth-order valence-corrected chi connectivity index (χ4v) is 2.18. The third-order valence-electron chi connectivity index (χ3n) is 3.29. The Labute approximate surface area is 112 Å². The number of carboxylic acid groups (broad SMARTS) is 1. The van der Waals surface area contributed by atoms with Crippen molar-refractivity contribution in [1.82, 2.24) is 10.6 Å². The van der Waals surface area contributed by atoms with Crippen LogP contribution in [0.1, 0.15) is 28.8 Å².